The van der Waals surface area contributed by atoms with Gasteiger partial charge in [-0.15, -0.1) is 11.3 Å². The Bertz CT molecular complexity index is 665. The van der Waals surface area contributed by atoms with Gasteiger partial charge in [0.1, 0.15) is 12.4 Å². The van der Waals surface area contributed by atoms with Crippen LogP contribution in [0.15, 0.2) is 24.3 Å². The molecule has 1 N–H and O–H groups in total. The smallest absolute Gasteiger partial charge is 0.349 e. The van der Waals surface area contributed by atoms with E-state index in [2.05, 4.69) is 0 Å². The van der Waals surface area contributed by atoms with E-state index in [-0.39, 0.29) is 17.4 Å². The van der Waals surface area contributed by atoms with Crippen LogP contribution in [0.2, 0.25) is 10.0 Å². The van der Waals surface area contributed by atoms with Crippen molar-refractivity contribution in [3.05, 3.63) is 49.6 Å². The minimum absolute atomic E-state index is 0.175. The molecule has 0 aliphatic rings. The molecule has 6 heteroatoms. The molecule has 1 aromatic carbocycles. The lowest BCUT2D eigenvalue weighted by molar-refractivity contribution is 0.0697. The van der Waals surface area contributed by atoms with Gasteiger partial charge in [0, 0.05) is 20.5 Å². The van der Waals surface area contributed by atoms with Crippen molar-refractivity contribution in [3.63, 3.8) is 0 Å². The fourth-order valence-electron chi connectivity index (χ4n) is 1.74. The van der Waals surface area contributed by atoms with Gasteiger partial charge >= 0.3 is 5.97 Å². The first-order chi connectivity index (χ1) is 9.88. The van der Waals surface area contributed by atoms with Crippen LogP contribution in [0.5, 0.6) is 5.75 Å². The van der Waals surface area contributed by atoms with Crippen LogP contribution in [0.3, 0.4) is 0 Å². The summed E-state index contributed by atoms with van der Waals surface area (Å²) < 4.78 is 5.64. The Hall–Kier alpha value is -1.23. The third-order valence-corrected chi connectivity index (χ3v) is 4.88. The van der Waals surface area contributed by atoms with Crippen molar-refractivity contribution in [3.8, 4) is 5.75 Å². The largest absolute Gasteiger partial charge is 0.487 e. The van der Waals surface area contributed by atoms with Crippen LogP contribution < -0.4 is 4.74 Å². The van der Waals surface area contributed by atoms with E-state index < -0.39 is 5.97 Å². The number of hydrogen-bond donors (Lipinski definition) is 1. The van der Waals surface area contributed by atoms with Crippen molar-refractivity contribution in [1.82, 2.24) is 0 Å². The summed E-state index contributed by atoms with van der Waals surface area (Å²) in [6, 6.07) is 6.86. The van der Waals surface area contributed by atoms with Crippen molar-refractivity contribution in [2.24, 2.45) is 0 Å². The third kappa shape index (κ3) is 3.90. The van der Waals surface area contributed by atoms with Gasteiger partial charge in [-0.1, -0.05) is 37.0 Å². The van der Waals surface area contributed by atoms with Crippen LogP contribution in [-0.4, -0.2) is 11.1 Å². The number of halogens is 2. The van der Waals surface area contributed by atoms with E-state index in [0.717, 1.165) is 10.4 Å². The van der Waals surface area contributed by atoms with E-state index in [1.165, 1.54) is 11.3 Å². The Morgan fingerprint density at radius 2 is 2.05 bits per heavy atom. The number of ether oxygens (including phenoxy) is 1. The molecule has 3 nitrogen and oxygen atoms in total. The molecule has 1 heterocycles. The van der Waals surface area contributed by atoms with E-state index in [1.54, 1.807) is 24.3 Å². The molecular weight excluding hydrogens is 331 g/mol. The summed E-state index contributed by atoms with van der Waals surface area (Å²) in [5, 5.41) is 10.3. The molecule has 0 saturated carbocycles. The molecule has 2 rings (SSSR count). The number of rotatable bonds is 5. The highest BCUT2D eigenvalue weighted by Gasteiger charge is 2.18. The van der Waals surface area contributed by atoms with E-state index >= 15 is 0 Å². The zero-order valence-electron chi connectivity index (χ0n) is 11.5. The van der Waals surface area contributed by atoms with Crippen molar-refractivity contribution >= 4 is 40.5 Å². The molecule has 0 radical (unpaired) electrons. The first-order valence-corrected chi connectivity index (χ1v) is 7.89. The molecule has 0 saturated heterocycles. The van der Waals surface area contributed by atoms with E-state index in [0.29, 0.717) is 15.8 Å². The highest BCUT2D eigenvalue weighted by atomic mass is 35.5. The summed E-state index contributed by atoms with van der Waals surface area (Å²) in [6.45, 7) is 4.19. The summed E-state index contributed by atoms with van der Waals surface area (Å²) in [5.41, 5.74) is 0.720. The predicted molar refractivity (Wildman–Crippen MR) is 86.2 cm³/mol. The minimum atomic E-state index is -0.987. The lowest BCUT2D eigenvalue weighted by Crippen LogP contribution is -2.00. The minimum Gasteiger partial charge on any atom is -0.487 e. The summed E-state index contributed by atoms with van der Waals surface area (Å²) in [5.74, 6) is -0.369. The van der Waals surface area contributed by atoms with Gasteiger partial charge in [0.15, 0.2) is 4.88 Å². The fourth-order valence-corrected chi connectivity index (χ4v) is 3.05. The molecule has 2 aromatic rings. The van der Waals surface area contributed by atoms with Crippen molar-refractivity contribution < 1.29 is 14.6 Å². The lowest BCUT2D eigenvalue weighted by Gasteiger charge is -2.07. The number of hydrogen-bond acceptors (Lipinski definition) is 3. The zero-order chi connectivity index (χ0) is 15.6. The van der Waals surface area contributed by atoms with E-state index in [4.69, 9.17) is 27.9 Å². The Morgan fingerprint density at radius 1 is 1.33 bits per heavy atom. The number of aromatic carboxylic acids is 1. The van der Waals surface area contributed by atoms with Crippen molar-refractivity contribution in [2.75, 3.05) is 0 Å². The zero-order valence-corrected chi connectivity index (χ0v) is 13.9. The van der Waals surface area contributed by atoms with Gasteiger partial charge in [-0.25, -0.2) is 4.79 Å². The van der Waals surface area contributed by atoms with Gasteiger partial charge in [0.25, 0.3) is 0 Å². The second-order valence-electron chi connectivity index (χ2n) is 4.83. The van der Waals surface area contributed by atoms with Gasteiger partial charge in [-0.05, 0) is 30.2 Å². The number of carboxylic acids is 1. The molecule has 0 aliphatic heterocycles. The molecule has 112 valence electrons. The molecule has 1 aromatic heterocycles. The number of carbonyl (C=O) groups is 1. The summed E-state index contributed by atoms with van der Waals surface area (Å²) in [4.78, 5) is 12.5. The van der Waals surface area contributed by atoms with Gasteiger partial charge in [-0.3, -0.25) is 0 Å². The van der Waals surface area contributed by atoms with Crippen molar-refractivity contribution in [1.29, 1.82) is 0 Å². The second kappa shape index (κ2) is 6.69. The maximum absolute atomic E-state index is 11.3. The monoisotopic (exact) mass is 344 g/mol. The second-order valence-corrected chi connectivity index (χ2v) is 6.75. The molecule has 0 aliphatic carbocycles. The molecule has 0 spiro atoms. The van der Waals surface area contributed by atoms with Crippen LogP contribution in [-0.2, 0) is 6.61 Å². The number of thiophene rings is 1. The van der Waals surface area contributed by atoms with Gasteiger partial charge in [-0.2, -0.15) is 0 Å². The maximum atomic E-state index is 11.3. The molecular formula is C15H14Cl2O3S. The Balaban J connectivity index is 2.23. The van der Waals surface area contributed by atoms with Gasteiger partial charge in [0.2, 0.25) is 0 Å². The van der Waals surface area contributed by atoms with Crippen LogP contribution in [0.4, 0.5) is 0 Å². The topological polar surface area (TPSA) is 46.5 Å². The van der Waals surface area contributed by atoms with Crippen LogP contribution in [0.1, 0.15) is 39.9 Å². The molecule has 0 fully saturated rings. The third-order valence-electron chi connectivity index (χ3n) is 2.87. The standard InChI is InChI=1S/C15H14Cl2O3S/c1-8(2)13-6-12(14(21-13)15(18)19)20-7-9-5-10(16)3-4-11(9)17/h3-6,8H,7H2,1-2H3,(H,18,19). The first kappa shape index (κ1) is 16.1. The summed E-state index contributed by atoms with van der Waals surface area (Å²) in [7, 11) is 0. The molecule has 0 unspecified atom stereocenters. The summed E-state index contributed by atoms with van der Waals surface area (Å²) >= 11 is 13.2. The lowest BCUT2D eigenvalue weighted by atomic mass is 10.2. The predicted octanol–water partition coefficient (Wildman–Crippen LogP) is 5.46. The SMILES string of the molecule is CC(C)c1cc(OCc2cc(Cl)ccc2Cl)c(C(=O)O)s1. The fraction of sp³-hybridized carbons (Fsp3) is 0.267. The average molecular weight is 345 g/mol. The van der Waals surface area contributed by atoms with E-state index in [1.807, 2.05) is 13.8 Å². The Labute approximate surface area is 137 Å². The quantitative estimate of drug-likeness (QED) is 0.783. The van der Waals surface area contributed by atoms with Crippen LogP contribution >= 0.6 is 34.5 Å². The van der Waals surface area contributed by atoms with Gasteiger partial charge in [0.05, 0.1) is 0 Å². The number of benzene rings is 1. The molecule has 0 bridgehead atoms. The first-order valence-electron chi connectivity index (χ1n) is 6.32. The summed E-state index contributed by atoms with van der Waals surface area (Å²) in [6.07, 6.45) is 0. The highest BCUT2D eigenvalue weighted by molar-refractivity contribution is 7.14. The van der Waals surface area contributed by atoms with E-state index in [9.17, 15) is 9.90 Å². The molecule has 0 amide bonds. The normalized spacial score (nSPS) is 10.9. The maximum Gasteiger partial charge on any atom is 0.349 e. The van der Waals surface area contributed by atoms with Crippen molar-refractivity contribution in [2.45, 2.75) is 26.4 Å². The van der Waals surface area contributed by atoms with Gasteiger partial charge < -0.3 is 9.84 Å². The Morgan fingerprint density at radius 3 is 2.67 bits per heavy atom. The Kier molecular flexibility index (Phi) is 5.14. The molecule has 21 heavy (non-hydrogen) atoms. The average Bonchev–Trinajstić information content (AvgIpc) is 2.84. The number of carboxylic acid groups (broad SMARTS) is 1. The highest BCUT2D eigenvalue weighted by Crippen LogP contribution is 2.34. The van der Waals surface area contributed by atoms with Crippen LogP contribution in [0.25, 0.3) is 0 Å². The van der Waals surface area contributed by atoms with Crippen LogP contribution in [0, 0.1) is 0 Å². The molecule has 0 atom stereocenters.